The molecule has 2 fully saturated rings. The molecular formula is C17H31N3O4. The van der Waals surface area contributed by atoms with Crippen LogP contribution in [0.2, 0.25) is 0 Å². The fraction of sp³-hybridized carbons (Fsp3) is 0.882. The van der Waals surface area contributed by atoms with E-state index in [1.807, 2.05) is 41.5 Å². The third-order valence-electron chi connectivity index (χ3n) is 4.17. The molecule has 0 radical (unpaired) electrons. The van der Waals surface area contributed by atoms with E-state index in [9.17, 15) is 9.59 Å². The van der Waals surface area contributed by atoms with Gasteiger partial charge in [0.1, 0.15) is 17.9 Å². The van der Waals surface area contributed by atoms with Crippen LogP contribution >= 0.6 is 0 Å². The van der Waals surface area contributed by atoms with Crippen LogP contribution in [0.4, 0.5) is 9.59 Å². The number of amides is 2. The molecule has 2 heterocycles. The van der Waals surface area contributed by atoms with Crippen molar-refractivity contribution in [3.8, 4) is 0 Å². The van der Waals surface area contributed by atoms with Crippen LogP contribution < -0.4 is 5.32 Å². The maximum absolute atomic E-state index is 12.7. The van der Waals surface area contributed by atoms with Gasteiger partial charge in [-0.05, 0) is 67.5 Å². The van der Waals surface area contributed by atoms with Crippen molar-refractivity contribution in [1.82, 2.24) is 15.1 Å². The van der Waals surface area contributed by atoms with Gasteiger partial charge in [-0.15, -0.1) is 0 Å². The zero-order chi connectivity index (χ0) is 18.2. The van der Waals surface area contributed by atoms with Crippen LogP contribution in [0.15, 0.2) is 0 Å². The summed E-state index contributed by atoms with van der Waals surface area (Å²) in [6.07, 6.45) is 0.846. The lowest BCUT2D eigenvalue weighted by Gasteiger charge is -2.40. The Morgan fingerprint density at radius 1 is 0.917 bits per heavy atom. The summed E-state index contributed by atoms with van der Waals surface area (Å²) < 4.78 is 11.0. The van der Waals surface area contributed by atoms with Gasteiger partial charge in [0.2, 0.25) is 0 Å². The molecule has 1 spiro atoms. The van der Waals surface area contributed by atoms with Crippen molar-refractivity contribution >= 4 is 12.2 Å². The molecule has 1 N–H and O–H groups in total. The summed E-state index contributed by atoms with van der Waals surface area (Å²) in [4.78, 5) is 28.5. The minimum absolute atomic E-state index is 0.212. The molecule has 0 aromatic carbocycles. The highest BCUT2D eigenvalue weighted by molar-refractivity contribution is 5.73. The first kappa shape index (κ1) is 18.8. The Morgan fingerprint density at radius 3 is 1.92 bits per heavy atom. The van der Waals surface area contributed by atoms with Crippen LogP contribution in [0.5, 0.6) is 0 Å². The number of carbonyl (C=O) groups is 2. The molecule has 2 amide bonds. The Hall–Kier alpha value is -1.50. The molecule has 0 unspecified atom stereocenters. The minimum atomic E-state index is -0.565. The Balaban J connectivity index is 2.17. The lowest BCUT2D eigenvalue weighted by atomic mass is 9.88. The zero-order valence-electron chi connectivity index (χ0n) is 15.8. The second-order valence-electron chi connectivity index (χ2n) is 8.70. The molecule has 0 bridgehead atoms. The maximum Gasteiger partial charge on any atom is 0.412 e. The number of hydrogen-bond acceptors (Lipinski definition) is 5. The molecule has 7 heteroatoms. The number of ether oxygens (including phenoxy) is 2. The molecule has 2 rings (SSSR count). The average Bonchev–Trinajstić information content (AvgIpc) is 2.75. The van der Waals surface area contributed by atoms with Crippen LogP contribution in [0.25, 0.3) is 0 Å². The van der Waals surface area contributed by atoms with Crippen molar-refractivity contribution in [3.05, 3.63) is 0 Å². The molecule has 138 valence electrons. The van der Waals surface area contributed by atoms with E-state index in [0.717, 1.165) is 25.9 Å². The molecule has 2 aliphatic heterocycles. The van der Waals surface area contributed by atoms with Crippen LogP contribution in [0.1, 0.15) is 54.4 Å². The van der Waals surface area contributed by atoms with E-state index >= 15 is 0 Å². The topological polar surface area (TPSA) is 71.1 Å². The molecule has 0 aliphatic carbocycles. The van der Waals surface area contributed by atoms with Gasteiger partial charge in [0.25, 0.3) is 0 Å². The normalized spacial score (nSPS) is 21.1. The highest BCUT2D eigenvalue weighted by Crippen LogP contribution is 2.35. The number of nitrogens with one attached hydrogen (secondary N) is 1. The summed E-state index contributed by atoms with van der Waals surface area (Å²) in [6.45, 7) is 13.4. The quantitative estimate of drug-likeness (QED) is 0.733. The van der Waals surface area contributed by atoms with E-state index in [4.69, 9.17) is 9.47 Å². The Kier molecular flexibility index (Phi) is 5.04. The van der Waals surface area contributed by atoms with Gasteiger partial charge in [-0.2, -0.15) is 0 Å². The average molecular weight is 341 g/mol. The van der Waals surface area contributed by atoms with Gasteiger partial charge < -0.3 is 14.8 Å². The Bertz CT molecular complexity index is 487. The highest BCUT2D eigenvalue weighted by Gasteiger charge is 2.50. The zero-order valence-corrected chi connectivity index (χ0v) is 15.8. The summed E-state index contributed by atoms with van der Waals surface area (Å²) in [7, 11) is 0. The van der Waals surface area contributed by atoms with Gasteiger partial charge in [0.05, 0.1) is 5.54 Å². The number of hydrogen-bond donors (Lipinski definition) is 1. The van der Waals surface area contributed by atoms with Crippen LogP contribution in [0.3, 0.4) is 0 Å². The summed E-state index contributed by atoms with van der Waals surface area (Å²) in [5.74, 6) is 0. The Labute approximate surface area is 144 Å². The van der Waals surface area contributed by atoms with Crippen molar-refractivity contribution in [3.63, 3.8) is 0 Å². The molecule has 24 heavy (non-hydrogen) atoms. The van der Waals surface area contributed by atoms with Gasteiger partial charge in [-0.3, -0.25) is 9.80 Å². The highest BCUT2D eigenvalue weighted by atomic mass is 16.6. The largest absolute Gasteiger partial charge is 0.444 e. The third-order valence-corrected chi connectivity index (χ3v) is 4.17. The van der Waals surface area contributed by atoms with E-state index in [0.29, 0.717) is 6.54 Å². The monoisotopic (exact) mass is 341 g/mol. The van der Waals surface area contributed by atoms with Crippen molar-refractivity contribution in [2.75, 3.05) is 26.3 Å². The first-order valence-electron chi connectivity index (χ1n) is 8.61. The second-order valence-corrected chi connectivity index (χ2v) is 8.70. The lowest BCUT2D eigenvalue weighted by Crippen LogP contribution is -2.55. The molecule has 2 saturated heterocycles. The van der Waals surface area contributed by atoms with Crippen molar-refractivity contribution in [1.29, 1.82) is 0 Å². The van der Waals surface area contributed by atoms with Gasteiger partial charge in [0, 0.05) is 6.54 Å². The van der Waals surface area contributed by atoms with Crippen molar-refractivity contribution in [2.45, 2.75) is 71.1 Å². The standard InChI is InChI=1S/C17H31N3O4/c1-15(2,3)23-13(21)19-11-17(7-9-18-10-8-17)20(12-19)14(22)24-16(4,5)6/h18H,7-12H2,1-6H3. The van der Waals surface area contributed by atoms with E-state index < -0.39 is 11.2 Å². The fourth-order valence-electron chi connectivity index (χ4n) is 3.15. The Morgan fingerprint density at radius 2 is 1.42 bits per heavy atom. The molecule has 2 aliphatic rings. The molecule has 0 aromatic heterocycles. The van der Waals surface area contributed by atoms with Gasteiger partial charge >= 0.3 is 12.2 Å². The van der Waals surface area contributed by atoms with Crippen LogP contribution in [0, 0.1) is 0 Å². The summed E-state index contributed by atoms with van der Waals surface area (Å²) in [5, 5.41) is 3.31. The van der Waals surface area contributed by atoms with Gasteiger partial charge in [0.15, 0.2) is 0 Å². The summed E-state index contributed by atoms with van der Waals surface area (Å²) in [6, 6.07) is 0. The fourth-order valence-corrected chi connectivity index (χ4v) is 3.15. The van der Waals surface area contributed by atoms with E-state index in [1.165, 1.54) is 0 Å². The smallest absolute Gasteiger partial charge is 0.412 e. The maximum atomic E-state index is 12.7. The predicted molar refractivity (Wildman–Crippen MR) is 90.7 cm³/mol. The van der Waals surface area contributed by atoms with Crippen LogP contribution in [-0.2, 0) is 9.47 Å². The van der Waals surface area contributed by atoms with Crippen molar-refractivity contribution < 1.29 is 19.1 Å². The minimum Gasteiger partial charge on any atom is -0.444 e. The van der Waals surface area contributed by atoms with E-state index in [1.54, 1.807) is 9.80 Å². The number of nitrogens with zero attached hydrogens (tertiary/aromatic N) is 2. The lowest BCUT2D eigenvalue weighted by molar-refractivity contribution is 0.00188. The number of piperidine rings is 1. The summed E-state index contributed by atoms with van der Waals surface area (Å²) in [5.41, 5.74) is -1.49. The van der Waals surface area contributed by atoms with Crippen LogP contribution in [-0.4, -0.2) is 65.0 Å². The van der Waals surface area contributed by atoms with E-state index in [-0.39, 0.29) is 24.4 Å². The second kappa shape index (κ2) is 6.43. The molecular weight excluding hydrogens is 310 g/mol. The molecule has 7 nitrogen and oxygen atoms in total. The van der Waals surface area contributed by atoms with Gasteiger partial charge in [-0.1, -0.05) is 0 Å². The molecule has 0 aromatic rings. The number of rotatable bonds is 0. The molecule has 0 saturated carbocycles. The van der Waals surface area contributed by atoms with Gasteiger partial charge in [-0.25, -0.2) is 9.59 Å². The predicted octanol–water partition coefficient (Wildman–Crippen LogP) is 2.55. The van der Waals surface area contributed by atoms with E-state index in [2.05, 4.69) is 5.32 Å². The number of carbonyl (C=O) groups excluding carboxylic acids is 2. The first-order chi connectivity index (χ1) is 10.9. The summed E-state index contributed by atoms with van der Waals surface area (Å²) >= 11 is 0. The first-order valence-corrected chi connectivity index (χ1v) is 8.61. The molecule has 0 atom stereocenters. The SMILES string of the molecule is CC(C)(C)OC(=O)N1CN(C(=O)OC(C)(C)C)C2(CCNCC2)C1. The van der Waals surface area contributed by atoms with Crippen molar-refractivity contribution in [2.24, 2.45) is 0 Å². The third kappa shape index (κ3) is 4.53.